The monoisotopic (exact) mass is 257 g/mol. The molecule has 0 bridgehead atoms. The number of amides is 1. The second-order valence-electron chi connectivity index (χ2n) is 3.54. The van der Waals surface area contributed by atoms with Crippen molar-refractivity contribution in [3.8, 4) is 0 Å². The zero-order valence-electron chi connectivity index (χ0n) is 9.05. The van der Waals surface area contributed by atoms with Gasteiger partial charge in [-0.3, -0.25) is 4.79 Å². The molecular formula is C11H12ClNO4. The molecule has 0 radical (unpaired) electrons. The molecule has 17 heavy (non-hydrogen) atoms. The average Bonchev–Trinajstić information content (AvgIpc) is 2.24. The second kappa shape index (κ2) is 5.65. The van der Waals surface area contributed by atoms with Crippen molar-refractivity contribution >= 4 is 23.5 Å². The number of aliphatic hydroxyl groups is 1. The molecule has 2 unspecified atom stereocenters. The van der Waals surface area contributed by atoms with Crippen LogP contribution in [0.4, 0.5) is 0 Å². The van der Waals surface area contributed by atoms with Crippen molar-refractivity contribution in [1.82, 2.24) is 5.32 Å². The highest BCUT2D eigenvalue weighted by molar-refractivity contribution is 6.30. The van der Waals surface area contributed by atoms with Crippen molar-refractivity contribution in [3.05, 3.63) is 34.9 Å². The maximum atomic E-state index is 11.7. The molecule has 2 atom stereocenters. The van der Waals surface area contributed by atoms with Crippen molar-refractivity contribution in [1.29, 1.82) is 0 Å². The van der Waals surface area contributed by atoms with E-state index < -0.39 is 24.0 Å². The molecule has 0 aromatic heterocycles. The number of carbonyl (C=O) groups excluding carboxylic acids is 1. The van der Waals surface area contributed by atoms with Gasteiger partial charge in [0.05, 0.1) is 6.10 Å². The van der Waals surface area contributed by atoms with Gasteiger partial charge in [0, 0.05) is 10.6 Å². The lowest BCUT2D eigenvalue weighted by Crippen LogP contribution is -2.47. The number of benzene rings is 1. The summed E-state index contributed by atoms with van der Waals surface area (Å²) < 4.78 is 0. The molecule has 0 aliphatic rings. The minimum Gasteiger partial charge on any atom is -0.480 e. The summed E-state index contributed by atoms with van der Waals surface area (Å²) in [6.07, 6.45) is -1.18. The summed E-state index contributed by atoms with van der Waals surface area (Å²) in [5, 5.41) is 20.6. The molecular weight excluding hydrogens is 246 g/mol. The lowest BCUT2D eigenvalue weighted by Gasteiger charge is -2.16. The van der Waals surface area contributed by atoms with Gasteiger partial charge in [-0.15, -0.1) is 0 Å². The second-order valence-corrected chi connectivity index (χ2v) is 3.98. The number of nitrogens with one attached hydrogen (secondary N) is 1. The van der Waals surface area contributed by atoms with Crippen molar-refractivity contribution < 1.29 is 19.8 Å². The summed E-state index contributed by atoms with van der Waals surface area (Å²) in [5.41, 5.74) is 0.240. The zero-order chi connectivity index (χ0) is 13.0. The summed E-state index contributed by atoms with van der Waals surface area (Å²) in [7, 11) is 0. The van der Waals surface area contributed by atoms with Gasteiger partial charge in [-0.05, 0) is 25.1 Å². The minimum atomic E-state index is -1.35. The molecule has 0 fully saturated rings. The van der Waals surface area contributed by atoms with E-state index in [0.29, 0.717) is 5.02 Å². The van der Waals surface area contributed by atoms with E-state index >= 15 is 0 Å². The molecule has 1 aromatic carbocycles. The molecule has 0 spiro atoms. The molecule has 1 aromatic rings. The number of carboxylic acid groups (broad SMARTS) is 1. The summed E-state index contributed by atoms with van der Waals surface area (Å²) >= 11 is 5.70. The molecule has 6 heteroatoms. The van der Waals surface area contributed by atoms with Crippen LogP contribution in [0.25, 0.3) is 0 Å². The number of aliphatic hydroxyl groups excluding tert-OH is 1. The maximum Gasteiger partial charge on any atom is 0.328 e. The first-order valence-electron chi connectivity index (χ1n) is 4.89. The predicted octanol–water partition coefficient (Wildman–Crippen LogP) is 0.904. The molecule has 1 rings (SSSR count). The number of carboxylic acids is 1. The van der Waals surface area contributed by atoms with Gasteiger partial charge in [0.25, 0.3) is 5.91 Å². The third-order valence-corrected chi connectivity index (χ3v) is 2.36. The zero-order valence-corrected chi connectivity index (χ0v) is 9.81. The molecule has 0 saturated heterocycles. The molecule has 5 nitrogen and oxygen atoms in total. The Hall–Kier alpha value is -1.59. The van der Waals surface area contributed by atoms with Crippen LogP contribution >= 0.6 is 11.6 Å². The Bertz CT molecular complexity index is 433. The van der Waals surface area contributed by atoms with Gasteiger partial charge in [-0.2, -0.15) is 0 Å². The smallest absolute Gasteiger partial charge is 0.328 e. The van der Waals surface area contributed by atoms with E-state index in [-0.39, 0.29) is 5.56 Å². The van der Waals surface area contributed by atoms with Gasteiger partial charge in [0.2, 0.25) is 0 Å². The van der Waals surface area contributed by atoms with Gasteiger partial charge in [-0.1, -0.05) is 17.7 Å². The predicted molar refractivity (Wildman–Crippen MR) is 62.0 cm³/mol. The fraction of sp³-hybridized carbons (Fsp3) is 0.273. The van der Waals surface area contributed by atoms with Gasteiger partial charge >= 0.3 is 5.97 Å². The molecule has 0 aliphatic carbocycles. The first-order chi connectivity index (χ1) is 7.91. The summed E-state index contributed by atoms with van der Waals surface area (Å²) in [4.78, 5) is 22.4. The third kappa shape index (κ3) is 3.72. The summed E-state index contributed by atoms with van der Waals surface area (Å²) in [5.74, 6) is -1.89. The van der Waals surface area contributed by atoms with E-state index in [1.165, 1.54) is 19.1 Å². The van der Waals surface area contributed by atoms with Crippen LogP contribution in [0, 0.1) is 0 Å². The Balaban J connectivity index is 2.81. The van der Waals surface area contributed by atoms with E-state index in [4.69, 9.17) is 16.7 Å². The lowest BCUT2D eigenvalue weighted by molar-refractivity contribution is -0.141. The van der Waals surface area contributed by atoms with Crippen LogP contribution in [0.5, 0.6) is 0 Å². The minimum absolute atomic E-state index is 0.240. The molecule has 0 heterocycles. The Morgan fingerprint density at radius 2 is 2.06 bits per heavy atom. The molecule has 1 amide bonds. The highest BCUT2D eigenvalue weighted by atomic mass is 35.5. The van der Waals surface area contributed by atoms with Crippen LogP contribution in [-0.4, -0.2) is 34.2 Å². The molecule has 3 N–H and O–H groups in total. The number of halogens is 1. The SMILES string of the molecule is CC(O)C(NC(=O)c1cccc(Cl)c1)C(=O)O. The Kier molecular flexibility index (Phi) is 4.48. The van der Waals surface area contributed by atoms with Crippen LogP contribution in [0.3, 0.4) is 0 Å². The molecule has 0 aliphatic heterocycles. The highest BCUT2D eigenvalue weighted by Gasteiger charge is 2.25. The number of carbonyl (C=O) groups is 2. The van der Waals surface area contributed by atoms with Crippen molar-refractivity contribution in [2.45, 2.75) is 19.1 Å². The first kappa shape index (κ1) is 13.5. The Labute approximate surface area is 103 Å². The van der Waals surface area contributed by atoms with Gasteiger partial charge in [0.1, 0.15) is 0 Å². The van der Waals surface area contributed by atoms with Crippen molar-refractivity contribution in [3.63, 3.8) is 0 Å². The topological polar surface area (TPSA) is 86.6 Å². The lowest BCUT2D eigenvalue weighted by atomic mass is 10.1. The Morgan fingerprint density at radius 3 is 2.53 bits per heavy atom. The number of aliphatic carboxylic acids is 1. The van der Waals surface area contributed by atoms with Crippen LogP contribution in [0.2, 0.25) is 5.02 Å². The van der Waals surface area contributed by atoms with Gasteiger partial charge < -0.3 is 15.5 Å². The fourth-order valence-corrected chi connectivity index (χ4v) is 1.43. The fourth-order valence-electron chi connectivity index (χ4n) is 1.24. The first-order valence-corrected chi connectivity index (χ1v) is 5.27. The molecule has 0 saturated carbocycles. The van der Waals surface area contributed by atoms with Crippen LogP contribution < -0.4 is 5.32 Å². The standard InChI is InChI=1S/C11H12ClNO4/c1-6(14)9(11(16)17)13-10(15)7-3-2-4-8(12)5-7/h2-6,9,14H,1H3,(H,13,15)(H,16,17). The quantitative estimate of drug-likeness (QED) is 0.748. The van der Waals surface area contributed by atoms with Gasteiger partial charge in [0.15, 0.2) is 6.04 Å². The van der Waals surface area contributed by atoms with Crippen molar-refractivity contribution in [2.75, 3.05) is 0 Å². The van der Waals surface area contributed by atoms with E-state index in [9.17, 15) is 14.7 Å². The largest absolute Gasteiger partial charge is 0.480 e. The normalized spacial score (nSPS) is 13.8. The number of hydrogen-bond acceptors (Lipinski definition) is 3. The van der Waals surface area contributed by atoms with E-state index in [0.717, 1.165) is 0 Å². The summed E-state index contributed by atoms with van der Waals surface area (Å²) in [6, 6.07) is 4.75. The van der Waals surface area contributed by atoms with E-state index in [1.807, 2.05) is 0 Å². The highest BCUT2D eigenvalue weighted by Crippen LogP contribution is 2.10. The maximum absolute atomic E-state index is 11.7. The average molecular weight is 258 g/mol. The van der Waals surface area contributed by atoms with Crippen LogP contribution in [-0.2, 0) is 4.79 Å². The number of hydrogen-bond donors (Lipinski definition) is 3. The molecule has 92 valence electrons. The van der Waals surface area contributed by atoms with E-state index in [2.05, 4.69) is 5.32 Å². The Morgan fingerprint density at radius 1 is 1.41 bits per heavy atom. The van der Waals surface area contributed by atoms with Gasteiger partial charge in [-0.25, -0.2) is 4.79 Å². The number of rotatable bonds is 4. The third-order valence-electron chi connectivity index (χ3n) is 2.12. The summed E-state index contributed by atoms with van der Waals surface area (Å²) in [6.45, 7) is 1.29. The van der Waals surface area contributed by atoms with Crippen molar-refractivity contribution in [2.24, 2.45) is 0 Å². The van der Waals surface area contributed by atoms with E-state index in [1.54, 1.807) is 12.1 Å². The van der Waals surface area contributed by atoms with Crippen LogP contribution in [0.15, 0.2) is 24.3 Å². The van der Waals surface area contributed by atoms with Crippen LogP contribution in [0.1, 0.15) is 17.3 Å².